The molecule has 3 rings (SSSR count). The minimum absolute atomic E-state index is 0.227. The maximum absolute atomic E-state index is 12.8. The summed E-state index contributed by atoms with van der Waals surface area (Å²) in [6.45, 7) is 0.207. The molecule has 3 aromatic rings. The molecule has 0 fully saturated rings. The van der Waals surface area contributed by atoms with Crippen molar-refractivity contribution < 1.29 is 18.7 Å². The van der Waals surface area contributed by atoms with Crippen LogP contribution >= 0.6 is 0 Å². The molecule has 0 heterocycles. The molecule has 3 aromatic carbocycles. The van der Waals surface area contributed by atoms with Gasteiger partial charge in [-0.1, -0.05) is 42.5 Å². The van der Waals surface area contributed by atoms with Crippen molar-refractivity contribution in [3.63, 3.8) is 0 Å². The number of carbonyl (C=O) groups excluding carboxylic acids is 1. The zero-order valence-electron chi connectivity index (χ0n) is 15.0. The summed E-state index contributed by atoms with van der Waals surface area (Å²) in [5.41, 5.74) is 4.18. The standard InChI is InChI=1S/C22H19FN2O3/c23-19-10-12-20(13-11-19)27-16-22(26)25-24-14-18-8-4-5-9-21(18)28-15-17-6-2-1-3-7-17/h1-14H,15-16H2,(H,25,26)/b24-14+. The van der Waals surface area contributed by atoms with Crippen LogP contribution in [0.25, 0.3) is 0 Å². The van der Waals surface area contributed by atoms with Crippen molar-refractivity contribution in [1.82, 2.24) is 5.43 Å². The smallest absolute Gasteiger partial charge is 0.277 e. The summed E-state index contributed by atoms with van der Waals surface area (Å²) in [4.78, 5) is 11.8. The first-order valence-electron chi connectivity index (χ1n) is 8.67. The fourth-order valence-corrected chi connectivity index (χ4v) is 2.34. The number of amides is 1. The van der Waals surface area contributed by atoms with Crippen LogP contribution in [0.3, 0.4) is 0 Å². The van der Waals surface area contributed by atoms with Crippen molar-refractivity contribution in [2.45, 2.75) is 6.61 Å². The number of nitrogens with zero attached hydrogens (tertiary/aromatic N) is 1. The number of hydrazone groups is 1. The Kier molecular flexibility index (Phi) is 6.73. The number of hydrogen-bond acceptors (Lipinski definition) is 4. The van der Waals surface area contributed by atoms with Crippen LogP contribution in [0.2, 0.25) is 0 Å². The Hall–Kier alpha value is -3.67. The monoisotopic (exact) mass is 378 g/mol. The van der Waals surface area contributed by atoms with Gasteiger partial charge in [0.2, 0.25) is 0 Å². The molecule has 0 aliphatic rings. The van der Waals surface area contributed by atoms with Crippen LogP contribution in [0.15, 0.2) is 84.0 Å². The lowest BCUT2D eigenvalue weighted by Gasteiger charge is -2.09. The highest BCUT2D eigenvalue weighted by molar-refractivity contribution is 5.85. The van der Waals surface area contributed by atoms with Gasteiger partial charge in [0.25, 0.3) is 5.91 Å². The first-order chi connectivity index (χ1) is 13.7. The van der Waals surface area contributed by atoms with E-state index in [2.05, 4.69) is 10.5 Å². The number of halogens is 1. The lowest BCUT2D eigenvalue weighted by molar-refractivity contribution is -0.123. The third kappa shape index (κ3) is 5.95. The normalized spacial score (nSPS) is 10.6. The molecule has 1 amide bonds. The molecule has 6 heteroatoms. The molecule has 0 unspecified atom stereocenters. The number of hydrogen-bond donors (Lipinski definition) is 1. The highest BCUT2D eigenvalue weighted by Gasteiger charge is 2.04. The van der Waals surface area contributed by atoms with Gasteiger partial charge >= 0.3 is 0 Å². The predicted octanol–water partition coefficient (Wildman–Crippen LogP) is 3.93. The van der Waals surface area contributed by atoms with E-state index in [0.717, 1.165) is 11.1 Å². The predicted molar refractivity (Wildman–Crippen MR) is 105 cm³/mol. The Morgan fingerprint density at radius 1 is 0.929 bits per heavy atom. The van der Waals surface area contributed by atoms with Gasteiger partial charge in [0.05, 0.1) is 6.21 Å². The molecule has 0 aromatic heterocycles. The van der Waals surface area contributed by atoms with E-state index in [4.69, 9.17) is 9.47 Å². The van der Waals surface area contributed by atoms with Crippen molar-refractivity contribution in [1.29, 1.82) is 0 Å². The fourth-order valence-electron chi connectivity index (χ4n) is 2.34. The first kappa shape index (κ1) is 19.1. The number of ether oxygens (including phenoxy) is 2. The Morgan fingerprint density at radius 2 is 1.64 bits per heavy atom. The second kappa shape index (κ2) is 9.87. The third-order valence-electron chi connectivity index (χ3n) is 3.73. The maximum atomic E-state index is 12.8. The van der Waals surface area contributed by atoms with E-state index in [-0.39, 0.29) is 12.4 Å². The van der Waals surface area contributed by atoms with Crippen LogP contribution in [0, 0.1) is 5.82 Å². The number of carbonyl (C=O) groups is 1. The van der Waals surface area contributed by atoms with E-state index in [1.807, 2.05) is 54.6 Å². The van der Waals surface area contributed by atoms with Gasteiger partial charge in [-0.05, 0) is 42.0 Å². The molecule has 28 heavy (non-hydrogen) atoms. The van der Waals surface area contributed by atoms with Crippen molar-refractivity contribution in [2.75, 3.05) is 6.61 Å². The van der Waals surface area contributed by atoms with E-state index in [0.29, 0.717) is 18.1 Å². The minimum atomic E-state index is -0.428. The molecule has 0 aliphatic heterocycles. The van der Waals surface area contributed by atoms with Gasteiger partial charge < -0.3 is 9.47 Å². The molecule has 0 bridgehead atoms. The summed E-state index contributed by atoms with van der Waals surface area (Å²) in [6, 6.07) is 22.7. The maximum Gasteiger partial charge on any atom is 0.277 e. The molecule has 0 saturated carbocycles. The zero-order chi connectivity index (χ0) is 19.6. The highest BCUT2D eigenvalue weighted by Crippen LogP contribution is 2.17. The van der Waals surface area contributed by atoms with Crippen LogP contribution < -0.4 is 14.9 Å². The molecular weight excluding hydrogens is 359 g/mol. The van der Waals surface area contributed by atoms with Gasteiger partial charge in [-0.25, -0.2) is 9.82 Å². The number of benzene rings is 3. The van der Waals surface area contributed by atoms with E-state index in [1.165, 1.54) is 30.5 Å². The Labute approximate surface area is 162 Å². The molecule has 5 nitrogen and oxygen atoms in total. The topological polar surface area (TPSA) is 59.9 Å². The van der Waals surface area contributed by atoms with Crippen molar-refractivity contribution >= 4 is 12.1 Å². The van der Waals surface area contributed by atoms with E-state index >= 15 is 0 Å². The summed E-state index contributed by atoms with van der Waals surface area (Å²) in [5.74, 6) is 0.268. The first-order valence-corrected chi connectivity index (χ1v) is 8.67. The molecular formula is C22H19FN2O3. The quantitative estimate of drug-likeness (QED) is 0.477. The average Bonchev–Trinajstić information content (AvgIpc) is 2.73. The Morgan fingerprint density at radius 3 is 2.43 bits per heavy atom. The van der Waals surface area contributed by atoms with Crippen molar-refractivity contribution in [3.05, 3.63) is 95.8 Å². The van der Waals surface area contributed by atoms with Crippen molar-refractivity contribution in [3.8, 4) is 11.5 Å². The van der Waals surface area contributed by atoms with Gasteiger partial charge in [0, 0.05) is 5.56 Å². The molecule has 0 radical (unpaired) electrons. The summed E-state index contributed by atoms with van der Waals surface area (Å²) >= 11 is 0. The molecule has 1 N–H and O–H groups in total. The lowest BCUT2D eigenvalue weighted by Crippen LogP contribution is -2.24. The summed E-state index contributed by atoms with van der Waals surface area (Å²) in [7, 11) is 0. The van der Waals surface area contributed by atoms with Crippen LogP contribution in [-0.4, -0.2) is 18.7 Å². The van der Waals surface area contributed by atoms with Crippen LogP contribution in [-0.2, 0) is 11.4 Å². The van der Waals surface area contributed by atoms with Gasteiger partial charge in [-0.15, -0.1) is 0 Å². The van der Waals surface area contributed by atoms with Crippen LogP contribution in [0.5, 0.6) is 11.5 Å². The van der Waals surface area contributed by atoms with Gasteiger partial charge in [-0.3, -0.25) is 4.79 Å². The van der Waals surface area contributed by atoms with Gasteiger partial charge in [0.1, 0.15) is 23.9 Å². The second-order valence-corrected chi connectivity index (χ2v) is 5.85. The molecule has 0 atom stereocenters. The van der Waals surface area contributed by atoms with Crippen LogP contribution in [0.4, 0.5) is 4.39 Å². The number of para-hydroxylation sites is 1. The Balaban J connectivity index is 1.50. The zero-order valence-corrected chi connectivity index (χ0v) is 15.0. The molecule has 0 aliphatic carbocycles. The van der Waals surface area contributed by atoms with Gasteiger partial charge in [0.15, 0.2) is 6.61 Å². The molecule has 0 saturated heterocycles. The lowest BCUT2D eigenvalue weighted by atomic mass is 10.2. The second-order valence-electron chi connectivity index (χ2n) is 5.85. The number of rotatable bonds is 8. The van der Waals surface area contributed by atoms with Crippen LogP contribution in [0.1, 0.15) is 11.1 Å². The minimum Gasteiger partial charge on any atom is -0.488 e. The largest absolute Gasteiger partial charge is 0.488 e. The Bertz CT molecular complexity index is 928. The van der Waals surface area contributed by atoms with E-state index in [9.17, 15) is 9.18 Å². The summed E-state index contributed by atoms with van der Waals surface area (Å²) in [6.07, 6.45) is 1.51. The van der Waals surface area contributed by atoms with Gasteiger partial charge in [-0.2, -0.15) is 5.10 Å². The molecule has 0 spiro atoms. The SMILES string of the molecule is O=C(COc1ccc(F)cc1)N/N=C/c1ccccc1OCc1ccccc1. The fraction of sp³-hybridized carbons (Fsp3) is 0.0909. The summed E-state index contributed by atoms with van der Waals surface area (Å²) < 4.78 is 23.9. The number of nitrogens with one attached hydrogen (secondary N) is 1. The molecule has 142 valence electrons. The van der Waals surface area contributed by atoms with E-state index in [1.54, 1.807) is 0 Å². The summed E-state index contributed by atoms with van der Waals surface area (Å²) in [5, 5.41) is 3.94. The third-order valence-corrected chi connectivity index (χ3v) is 3.73. The highest BCUT2D eigenvalue weighted by atomic mass is 19.1. The average molecular weight is 378 g/mol. The van der Waals surface area contributed by atoms with Crippen molar-refractivity contribution in [2.24, 2.45) is 5.10 Å². The van der Waals surface area contributed by atoms with E-state index < -0.39 is 5.91 Å².